The highest BCUT2D eigenvalue weighted by Crippen LogP contribution is 2.21. The Morgan fingerprint density at radius 1 is 1.25 bits per heavy atom. The fourth-order valence-electron chi connectivity index (χ4n) is 1.63. The fraction of sp³-hybridized carbons (Fsp3) is 0.538. The van der Waals surface area contributed by atoms with Crippen LogP contribution in [0.1, 0.15) is 49.8 Å². The first-order valence-electron chi connectivity index (χ1n) is 5.61. The van der Waals surface area contributed by atoms with Crippen LogP contribution in [0.5, 0.6) is 0 Å². The number of halogens is 1. The van der Waals surface area contributed by atoms with Crippen LogP contribution in [0.2, 0.25) is 0 Å². The lowest BCUT2D eigenvalue weighted by Crippen LogP contribution is -2.11. The highest BCUT2D eigenvalue weighted by atomic mass is 35.5. The van der Waals surface area contributed by atoms with Gasteiger partial charge in [0.05, 0.1) is 0 Å². The van der Waals surface area contributed by atoms with Crippen LogP contribution in [0, 0.1) is 0 Å². The molecule has 0 saturated carbocycles. The maximum atomic E-state index is 8.75. The van der Waals surface area contributed by atoms with Crippen molar-refractivity contribution in [2.24, 2.45) is 5.73 Å². The maximum Gasteiger partial charge on any atom is 0.0431 e. The summed E-state index contributed by atoms with van der Waals surface area (Å²) in [5, 5.41) is 8.75. The topological polar surface area (TPSA) is 46.2 Å². The van der Waals surface area contributed by atoms with Crippen LogP contribution >= 0.6 is 12.4 Å². The summed E-state index contributed by atoms with van der Waals surface area (Å²) >= 11 is 0. The molecule has 3 heteroatoms. The second-order valence-corrected chi connectivity index (χ2v) is 4.30. The standard InChI is InChI=1S/C13H21NO.ClH/c1-10(2)11-5-3-6-12(9-11)13(14)7-4-8-15;/h3,5-6,9-10,13,15H,4,7-8,14H2,1-2H3;1H/t13-;/m0./s1. The molecule has 92 valence electrons. The van der Waals surface area contributed by atoms with E-state index in [0.29, 0.717) is 5.92 Å². The zero-order valence-corrected chi connectivity index (χ0v) is 10.8. The summed E-state index contributed by atoms with van der Waals surface area (Å²) in [7, 11) is 0. The summed E-state index contributed by atoms with van der Waals surface area (Å²) in [6.07, 6.45) is 1.62. The predicted octanol–water partition coefficient (Wildman–Crippen LogP) is 3.00. The van der Waals surface area contributed by atoms with E-state index in [1.54, 1.807) is 0 Å². The second-order valence-electron chi connectivity index (χ2n) is 4.30. The Labute approximate surface area is 104 Å². The molecule has 0 bridgehead atoms. The Morgan fingerprint density at radius 3 is 2.44 bits per heavy atom. The largest absolute Gasteiger partial charge is 0.396 e. The Bertz CT molecular complexity index is 302. The Balaban J connectivity index is 0.00000225. The maximum absolute atomic E-state index is 8.75. The molecule has 0 fully saturated rings. The van der Waals surface area contributed by atoms with Gasteiger partial charge in [0.1, 0.15) is 0 Å². The van der Waals surface area contributed by atoms with Gasteiger partial charge in [-0.3, -0.25) is 0 Å². The van der Waals surface area contributed by atoms with Crippen molar-refractivity contribution in [1.82, 2.24) is 0 Å². The predicted molar refractivity (Wildman–Crippen MR) is 71.0 cm³/mol. The average Bonchev–Trinajstić information content (AvgIpc) is 2.26. The number of aliphatic hydroxyl groups excluding tert-OH is 1. The number of hydrogen-bond acceptors (Lipinski definition) is 2. The first-order chi connectivity index (χ1) is 7.15. The monoisotopic (exact) mass is 243 g/mol. The molecular formula is C13H22ClNO. The van der Waals surface area contributed by atoms with E-state index in [1.807, 2.05) is 0 Å². The number of nitrogens with two attached hydrogens (primary N) is 1. The van der Waals surface area contributed by atoms with Crippen molar-refractivity contribution in [3.05, 3.63) is 35.4 Å². The van der Waals surface area contributed by atoms with E-state index in [-0.39, 0.29) is 25.1 Å². The molecule has 0 heterocycles. The van der Waals surface area contributed by atoms with E-state index < -0.39 is 0 Å². The molecule has 3 N–H and O–H groups in total. The molecule has 16 heavy (non-hydrogen) atoms. The molecule has 0 unspecified atom stereocenters. The van der Waals surface area contributed by atoms with Crippen LogP contribution in [-0.2, 0) is 0 Å². The van der Waals surface area contributed by atoms with Crippen LogP contribution in [-0.4, -0.2) is 11.7 Å². The van der Waals surface area contributed by atoms with Gasteiger partial charge in [-0.05, 0) is 29.9 Å². The molecule has 0 aliphatic carbocycles. The molecule has 0 aromatic heterocycles. The quantitative estimate of drug-likeness (QED) is 0.835. The Morgan fingerprint density at radius 2 is 1.88 bits per heavy atom. The number of benzene rings is 1. The number of rotatable bonds is 5. The second kappa shape index (κ2) is 7.66. The molecule has 0 aliphatic heterocycles. The van der Waals surface area contributed by atoms with Crippen LogP contribution in [0.15, 0.2) is 24.3 Å². The Hall–Kier alpha value is -0.570. The van der Waals surface area contributed by atoms with Crippen molar-refractivity contribution in [2.75, 3.05) is 6.61 Å². The highest BCUT2D eigenvalue weighted by Gasteiger charge is 2.07. The molecule has 2 nitrogen and oxygen atoms in total. The summed E-state index contributed by atoms with van der Waals surface area (Å²) in [5.41, 5.74) is 8.54. The first kappa shape index (κ1) is 15.4. The summed E-state index contributed by atoms with van der Waals surface area (Å²) in [4.78, 5) is 0. The molecular weight excluding hydrogens is 222 g/mol. The molecule has 0 radical (unpaired) electrons. The van der Waals surface area contributed by atoms with Crippen molar-refractivity contribution in [1.29, 1.82) is 0 Å². The summed E-state index contributed by atoms with van der Waals surface area (Å²) in [5.74, 6) is 0.537. The van der Waals surface area contributed by atoms with E-state index in [9.17, 15) is 0 Å². The van der Waals surface area contributed by atoms with E-state index in [4.69, 9.17) is 10.8 Å². The third-order valence-corrected chi connectivity index (χ3v) is 2.68. The van der Waals surface area contributed by atoms with Gasteiger partial charge in [0, 0.05) is 12.6 Å². The minimum Gasteiger partial charge on any atom is -0.396 e. The van der Waals surface area contributed by atoms with Gasteiger partial charge in [-0.1, -0.05) is 38.1 Å². The molecule has 0 spiro atoms. The summed E-state index contributed by atoms with van der Waals surface area (Å²) in [6, 6.07) is 8.48. The molecule has 0 aliphatic rings. The van der Waals surface area contributed by atoms with Gasteiger partial charge in [0.25, 0.3) is 0 Å². The number of hydrogen-bond donors (Lipinski definition) is 2. The minimum absolute atomic E-state index is 0. The van der Waals surface area contributed by atoms with Crippen molar-refractivity contribution in [3.63, 3.8) is 0 Å². The Kier molecular flexibility index (Phi) is 7.39. The third-order valence-electron chi connectivity index (χ3n) is 2.68. The first-order valence-corrected chi connectivity index (χ1v) is 5.61. The zero-order valence-electron chi connectivity index (χ0n) is 10.0. The molecule has 1 rings (SSSR count). The van der Waals surface area contributed by atoms with Gasteiger partial charge >= 0.3 is 0 Å². The molecule has 0 amide bonds. The SMILES string of the molecule is CC(C)c1cccc([C@@H](N)CCCO)c1.Cl. The van der Waals surface area contributed by atoms with Crippen molar-refractivity contribution >= 4 is 12.4 Å². The van der Waals surface area contributed by atoms with Gasteiger partial charge in [-0.15, -0.1) is 12.4 Å². The van der Waals surface area contributed by atoms with E-state index in [1.165, 1.54) is 11.1 Å². The van der Waals surface area contributed by atoms with Crippen LogP contribution in [0.25, 0.3) is 0 Å². The van der Waals surface area contributed by atoms with Gasteiger partial charge in [-0.25, -0.2) is 0 Å². The third kappa shape index (κ3) is 4.52. The van der Waals surface area contributed by atoms with E-state index in [0.717, 1.165) is 12.8 Å². The molecule has 1 atom stereocenters. The lowest BCUT2D eigenvalue weighted by molar-refractivity contribution is 0.280. The smallest absolute Gasteiger partial charge is 0.0431 e. The van der Waals surface area contributed by atoms with Gasteiger partial charge in [0.15, 0.2) is 0 Å². The number of aliphatic hydroxyl groups is 1. The van der Waals surface area contributed by atoms with E-state index >= 15 is 0 Å². The summed E-state index contributed by atoms with van der Waals surface area (Å²) < 4.78 is 0. The van der Waals surface area contributed by atoms with Crippen molar-refractivity contribution in [3.8, 4) is 0 Å². The zero-order chi connectivity index (χ0) is 11.3. The van der Waals surface area contributed by atoms with E-state index in [2.05, 4.69) is 38.1 Å². The average molecular weight is 244 g/mol. The normalized spacial score (nSPS) is 12.3. The summed E-state index contributed by atoms with van der Waals surface area (Å²) in [6.45, 7) is 4.58. The highest BCUT2D eigenvalue weighted by molar-refractivity contribution is 5.85. The van der Waals surface area contributed by atoms with Gasteiger partial charge in [0.2, 0.25) is 0 Å². The lowest BCUT2D eigenvalue weighted by Gasteiger charge is -2.14. The molecule has 1 aromatic carbocycles. The van der Waals surface area contributed by atoms with Crippen molar-refractivity contribution in [2.45, 2.75) is 38.6 Å². The molecule has 0 saturated heterocycles. The molecule has 1 aromatic rings. The minimum atomic E-state index is 0. The fourth-order valence-corrected chi connectivity index (χ4v) is 1.63. The van der Waals surface area contributed by atoms with Crippen LogP contribution < -0.4 is 5.73 Å². The van der Waals surface area contributed by atoms with Crippen LogP contribution in [0.3, 0.4) is 0 Å². The van der Waals surface area contributed by atoms with Gasteiger partial charge in [-0.2, -0.15) is 0 Å². The van der Waals surface area contributed by atoms with Crippen molar-refractivity contribution < 1.29 is 5.11 Å². The van der Waals surface area contributed by atoms with Crippen LogP contribution in [0.4, 0.5) is 0 Å². The van der Waals surface area contributed by atoms with Gasteiger partial charge < -0.3 is 10.8 Å². The lowest BCUT2D eigenvalue weighted by atomic mass is 9.96.